The predicted octanol–water partition coefficient (Wildman–Crippen LogP) is 1.27. The molecule has 0 aromatic carbocycles. The largest absolute Gasteiger partial charge is 0.478 e. The topological polar surface area (TPSA) is 79.3 Å². The summed E-state index contributed by atoms with van der Waals surface area (Å²) in [5.41, 5.74) is 1.07. The molecule has 0 saturated carbocycles. The molecule has 3 heterocycles. The van der Waals surface area contributed by atoms with Gasteiger partial charge in [-0.3, -0.25) is 9.79 Å². The van der Waals surface area contributed by atoms with Crippen molar-refractivity contribution in [3.63, 3.8) is 0 Å². The van der Waals surface area contributed by atoms with E-state index in [-0.39, 0.29) is 12.0 Å². The normalized spacial score (nSPS) is 20.4. The Labute approximate surface area is 166 Å². The number of guanidine groups is 1. The zero-order chi connectivity index (χ0) is 19.8. The fraction of sp³-hybridized carbons (Fsp3) is 0.650. The number of piperazine rings is 1. The number of hydrogen-bond acceptors (Lipinski definition) is 5. The standard InChI is InChI=1S/C20H31N5O3/c1-3-12-28-18-7-6-16(14-22-18)15-23-20(21-2)25-10-8-24(9-11-25)19(26)17-5-4-13-27-17/h6-7,14,17H,3-5,8-13,15H2,1-2H3,(H,21,23). The van der Waals surface area contributed by atoms with Crippen molar-refractivity contribution in [2.45, 2.75) is 38.8 Å². The SMILES string of the molecule is CCCOc1ccc(CNC(=NC)N2CCN(C(=O)C3CCCO3)CC2)cn1. The minimum atomic E-state index is -0.235. The first-order valence-corrected chi connectivity index (χ1v) is 10.1. The molecule has 154 valence electrons. The van der Waals surface area contributed by atoms with Crippen molar-refractivity contribution in [1.29, 1.82) is 0 Å². The third-order valence-corrected chi connectivity index (χ3v) is 5.01. The van der Waals surface area contributed by atoms with Crippen LogP contribution < -0.4 is 10.1 Å². The highest BCUT2D eigenvalue weighted by molar-refractivity contribution is 5.82. The minimum absolute atomic E-state index is 0.136. The molecule has 1 aromatic heterocycles. The molecular formula is C20H31N5O3. The monoisotopic (exact) mass is 389 g/mol. The first kappa shape index (κ1) is 20.4. The zero-order valence-electron chi connectivity index (χ0n) is 16.9. The second-order valence-corrected chi connectivity index (χ2v) is 7.07. The maximum Gasteiger partial charge on any atom is 0.251 e. The molecule has 0 bridgehead atoms. The fourth-order valence-corrected chi connectivity index (χ4v) is 3.44. The summed E-state index contributed by atoms with van der Waals surface area (Å²) in [6.07, 6.45) is 4.38. The lowest BCUT2D eigenvalue weighted by Gasteiger charge is -2.37. The molecule has 0 spiro atoms. The van der Waals surface area contributed by atoms with Crippen molar-refractivity contribution in [2.75, 3.05) is 46.4 Å². The van der Waals surface area contributed by atoms with Gasteiger partial charge in [-0.25, -0.2) is 4.98 Å². The molecule has 1 aromatic rings. The number of aromatic nitrogens is 1. The van der Waals surface area contributed by atoms with Gasteiger partial charge >= 0.3 is 0 Å². The van der Waals surface area contributed by atoms with Crippen LogP contribution in [0.4, 0.5) is 0 Å². The smallest absolute Gasteiger partial charge is 0.251 e. The lowest BCUT2D eigenvalue weighted by molar-refractivity contribution is -0.142. The molecule has 0 radical (unpaired) electrons. The molecule has 1 N–H and O–H groups in total. The number of hydrogen-bond donors (Lipinski definition) is 1. The van der Waals surface area contributed by atoms with E-state index in [1.807, 2.05) is 23.2 Å². The van der Waals surface area contributed by atoms with Crippen LogP contribution in [0, 0.1) is 0 Å². The van der Waals surface area contributed by atoms with E-state index < -0.39 is 0 Å². The van der Waals surface area contributed by atoms with Crippen LogP contribution >= 0.6 is 0 Å². The van der Waals surface area contributed by atoms with Crippen LogP contribution in [0.25, 0.3) is 0 Å². The van der Waals surface area contributed by atoms with E-state index in [2.05, 4.69) is 27.1 Å². The fourth-order valence-electron chi connectivity index (χ4n) is 3.44. The zero-order valence-corrected chi connectivity index (χ0v) is 16.9. The highest BCUT2D eigenvalue weighted by Gasteiger charge is 2.30. The van der Waals surface area contributed by atoms with Gasteiger partial charge in [0.05, 0.1) is 6.61 Å². The van der Waals surface area contributed by atoms with Gasteiger partial charge in [-0.15, -0.1) is 0 Å². The van der Waals surface area contributed by atoms with Crippen LogP contribution in [0.1, 0.15) is 31.7 Å². The molecule has 2 aliphatic rings. The summed E-state index contributed by atoms with van der Waals surface area (Å²) in [5.74, 6) is 1.63. The summed E-state index contributed by atoms with van der Waals surface area (Å²) < 4.78 is 11.0. The highest BCUT2D eigenvalue weighted by Crippen LogP contribution is 2.16. The van der Waals surface area contributed by atoms with Crippen molar-refractivity contribution >= 4 is 11.9 Å². The Morgan fingerprint density at radius 3 is 2.71 bits per heavy atom. The molecule has 3 rings (SSSR count). The van der Waals surface area contributed by atoms with Crippen LogP contribution in [0.3, 0.4) is 0 Å². The molecule has 2 saturated heterocycles. The van der Waals surface area contributed by atoms with E-state index >= 15 is 0 Å². The van der Waals surface area contributed by atoms with Crippen molar-refractivity contribution < 1.29 is 14.3 Å². The Kier molecular flexibility index (Phi) is 7.47. The molecular weight excluding hydrogens is 358 g/mol. The van der Waals surface area contributed by atoms with Crippen molar-refractivity contribution in [1.82, 2.24) is 20.1 Å². The van der Waals surface area contributed by atoms with E-state index in [9.17, 15) is 4.79 Å². The van der Waals surface area contributed by atoms with Gasteiger partial charge in [0, 0.05) is 58.6 Å². The average Bonchev–Trinajstić information content (AvgIpc) is 3.28. The Balaban J connectivity index is 1.45. The maximum atomic E-state index is 12.5. The van der Waals surface area contributed by atoms with Crippen LogP contribution in [0.2, 0.25) is 0 Å². The van der Waals surface area contributed by atoms with Gasteiger partial charge in [-0.2, -0.15) is 0 Å². The van der Waals surface area contributed by atoms with Gasteiger partial charge < -0.3 is 24.6 Å². The molecule has 1 unspecified atom stereocenters. The summed E-state index contributed by atoms with van der Waals surface area (Å²) in [4.78, 5) is 25.3. The third-order valence-electron chi connectivity index (χ3n) is 5.01. The molecule has 2 aliphatic heterocycles. The third kappa shape index (κ3) is 5.34. The Bertz CT molecular complexity index is 650. The van der Waals surface area contributed by atoms with Gasteiger partial charge in [0.2, 0.25) is 5.88 Å². The Morgan fingerprint density at radius 2 is 2.11 bits per heavy atom. The first-order chi connectivity index (χ1) is 13.7. The number of carbonyl (C=O) groups excluding carboxylic acids is 1. The number of pyridine rings is 1. The van der Waals surface area contributed by atoms with Crippen LogP contribution in [0.5, 0.6) is 5.88 Å². The van der Waals surface area contributed by atoms with Gasteiger partial charge in [0.25, 0.3) is 5.91 Å². The average molecular weight is 390 g/mol. The lowest BCUT2D eigenvalue weighted by Crippen LogP contribution is -2.55. The lowest BCUT2D eigenvalue weighted by atomic mass is 10.2. The van der Waals surface area contributed by atoms with E-state index in [0.29, 0.717) is 38.7 Å². The van der Waals surface area contributed by atoms with E-state index in [1.54, 1.807) is 7.05 Å². The summed E-state index contributed by atoms with van der Waals surface area (Å²) in [6, 6.07) is 3.90. The molecule has 8 heteroatoms. The summed E-state index contributed by atoms with van der Waals surface area (Å²) >= 11 is 0. The summed E-state index contributed by atoms with van der Waals surface area (Å²) in [5, 5.41) is 3.38. The number of amides is 1. The van der Waals surface area contributed by atoms with Gasteiger partial charge in [-0.1, -0.05) is 13.0 Å². The molecule has 8 nitrogen and oxygen atoms in total. The quantitative estimate of drug-likeness (QED) is 0.583. The van der Waals surface area contributed by atoms with Crippen molar-refractivity contribution in [3.05, 3.63) is 23.9 Å². The number of rotatable bonds is 6. The summed E-state index contributed by atoms with van der Waals surface area (Å²) in [7, 11) is 1.78. The van der Waals surface area contributed by atoms with Gasteiger partial charge in [0.1, 0.15) is 6.10 Å². The number of carbonyl (C=O) groups is 1. The van der Waals surface area contributed by atoms with E-state index in [4.69, 9.17) is 9.47 Å². The van der Waals surface area contributed by atoms with Crippen LogP contribution in [-0.4, -0.2) is 79.2 Å². The highest BCUT2D eigenvalue weighted by atomic mass is 16.5. The number of ether oxygens (including phenoxy) is 2. The molecule has 2 fully saturated rings. The molecule has 0 aliphatic carbocycles. The van der Waals surface area contributed by atoms with E-state index in [1.165, 1.54) is 0 Å². The number of nitrogens with zero attached hydrogens (tertiary/aromatic N) is 4. The molecule has 1 atom stereocenters. The first-order valence-electron chi connectivity index (χ1n) is 10.1. The second-order valence-electron chi connectivity index (χ2n) is 7.07. The maximum absolute atomic E-state index is 12.5. The van der Waals surface area contributed by atoms with E-state index in [0.717, 1.165) is 43.9 Å². The van der Waals surface area contributed by atoms with Crippen LogP contribution in [0.15, 0.2) is 23.3 Å². The Morgan fingerprint density at radius 1 is 1.32 bits per heavy atom. The van der Waals surface area contributed by atoms with Crippen molar-refractivity contribution in [3.8, 4) is 5.88 Å². The number of nitrogens with one attached hydrogen (secondary N) is 1. The summed E-state index contributed by atoms with van der Waals surface area (Å²) in [6.45, 7) is 7.02. The van der Waals surface area contributed by atoms with Crippen LogP contribution in [-0.2, 0) is 16.1 Å². The Hall–Kier alpha value is -2.35. The molecule has 1 amide bonds. The van der Waals surface area contributed by atoms with Crippen molar-refractivity contribution in [2.24, 2.45) is 4.99 Å². The van der Waals surface area contributed by atoms with Gasteiger partial charge in [0.15, 0.2) is 5.96 Å². The predicted molar refractivity (Wildman–Crippen MR) is 107 cm³/mol. The number of aliphatic imine (C=N–C) groups is 1. The van der Waals surface area contributed by atoms with Gasteiger partial charge in [-0.05, 0) is 24.8 Å². The minimum Gasteiger partial charge on any atom is -0.478 e. The molecule has 28 heavy (non-hydrogen) atoms. The second kappa shape index (κ2) is 10.3.